The summed E-state index contributed by atoms with van der Waals surface area (Å²) >= 11 is 6.04. The topological polar surface area (TPSA) is 77.8 Å². The van der Waals surface area contributed by atoms with Gasteiger partial charge in [-0.2, -0.15) is 0 Å². The molecule has 1 heterocycles. The van der Waals surface area contributed by atoms with Crippen LogP contribution in [-0.2, 0) is 16.1 Å². The van der Waals surface area contributed by atoms with E-state index < -0.39 is 23.5 Å². The average molecular weight is 418 g/mol. The molecule has 0 saturated carbocycles. The molecule has 2 aromatic rings. The molecule has 1 aliphatic rings. The van der Waals surface area contributed by atoms with Crippen molar-refractivity contribution >= 4 is 23.3 Å². The lowest BCUT2D eigenvalue weighted by Gasteiger charge is -2.27. The van der Waals surface area contributed by atoms with Gasteiger partial charge < -0.3 is 15.1 Å². The van der Waals surface area contributed by atoms with Crippen LogP contribution in [0.2, 0.25) is 5.02 Å². The number of rotatable bonds is 6. The first-order valence-corrected chi connectivity index (χ1v) is 9.57. The maximum Gasteiger partial charge on any atom is 0.290 e. The molecule has 7 heteroatoms. The highest BCUT2D eigenvalue weighted by atomic mass is 35.5. The second-order valence-electron chi connectivity index (χ2n) is 7.46. The number of hydrogen-bond donors (Lipinski definition) is 2. The molecule has 0 saturated heterocycles. The Bertz CT molecular complexity index is 985. The summed E-state index contributed by atoms with van der Waals surface area (Å²) in [7, 11) is 0. The number of aliphatic hydroxyl groups is 1. The third-order valence-electron chi connectivity index (χ3n) is 4.75. The van der Waals surface area contributed by atoms with Crippen molar-refractivity contribution in [2.24, 2.45) is 5.92 Å². The molecule has 0 bridgehead atoms. The van der Waals surface area contributed by atoms with E-state index in [2.05, 4.69) is 0 Å². The fourth-order valence-electron chi connectivity index (χ4n) is 3.41. The standard InChI is InChI=1S/C22H21ClFNO4/c1-12(2)9-18(27)19-20(14-5-8-17(26)16(23)10-14)25(22(29)21(19)28)11-13-3-6-15(24)7-4-13/h3-8,10,12,20,26,28H,9,11H2,1-2H3. The number of hydrogen-bond acceptors (Lipinski definition) is 4. The van der Waals surface area contributed by atoms with Crippen molar-refractivity contribution in [3.63, 3.8) is 0 Å². The van der Waals surface area contributed by atoms with Crippen molar-refractivity contribution in [2.45, 2.75) is 32.9 Å². The van der Waals surface area contributed by atoms with Gasteiger partial charge in [-0.05, 0) is 41.3 Å². The van der Waals surface area contributed by atoms with Gasteiger partial charge in [0.25, 0.3) is 5.91 Å². The van der Waals surface area contributed by atoms with Gasteiger partial charge in [-0.3, -0.25) is 9.59 Å². The van der Waals surface area contributed by atoms with Gasteiger partial charge in [-0.15, -0.1) is 0 Å². The lowest BCUT2D eigenvalue weighted by atomic mass is 9.92. The Morgan fingerprint density at radius 3 is 2.41 bits per heavy atom. The van der Waals surface area contributed by atoms with Crippen LogP contribution in [0.5, 0.6) is 5.75 Å². The fraction of sp³-hybridized carbons (Fsp3) is 0.273. The molecule has 0 spiro atoms. The first-order valence-electron chi connectivity index (χ1n) is 9.19. The van der Waals surface area contributed by atoms with Crippen molar-refractivity contribution < 1.29 is 24.2 Å². The highest BCUT2D eigenvalue weighted by Crippen LogP contribution is 2.41. The number of aromatic hydroxyl groups is 1. The van der Waals surface area contributed by atoms with Crippen molar-refractivity contribution in [2.75, 3.05) is 0 Å². The molecule has 5 nitrogen and oxygen atoms in total. The first kappa shape index (κ1) is 20.9. The van der Waals surface area contributed by atoms with E-state index in [-0.39, 0.29) is 41.0 Å². The van der Waals surface area contributed by atoms with Crippen molar-refractivity contribution in [3.8, 4) is 5.75 Å². The zero-order valence-electron chi connectivity index (χ0n) is 16.0. The molecule has 1 atom stereocenters. The van der Waals surface area contributed by atoms with Gasteiger partial charge in [0, 0.05) is 13.0 Å². The Hall–Kier alpha value is -2.86. The van der Waals surface area contributed by atoms with Gasteiger partial charge >= 0.3 is 0 Å². The van der Waals surface area contributed by atoms with Crippen LogP contribution in [-0.4, -0.2) is 26.8 Å². The minimum atomic E-state index is -0.864. The molecule has 1 unspecified atom stereocenters. The van der Waals surface area contributed by atoms with Gasteiger partial charge in [0.1, 0.15) is 11.6 Å². The van der Waals surface area contributed by atoms with Crippen LogP contribution in [0.25, 0.3) is 0 Å². The minimum absolute atomic E-state index is 0.00701. The number of phenols is 1. The van der Waals surface area contributed by atoms with E-state index in [0.29, 0.717) is 11.1 Å². The maximum atomic E-state index is 13.2. The summed E-state index contributed by atoms with van der Waals surface area (Å²) in [5.41, 5.74) is 1.13. The lowest BCUT2D eigenvalue weighted by Crippen LogP contribution is -2.30. The van der Waals surface area contributed by atoms with Crippen LogP contribution in [0.1, 0.15) is 37.4 Å². The largest absolute Gasteiger partial charge is 0.506 e. The molecular formula is C22H21ClFNO4. The van der Waals surface area contributed by atoms with Crippen LogP contribution >= 0.6 is 11.6 Å². The molecule has 3 rings (SSSR count). The number of carbonyl (C=O) groups excluding carboxylic acids is 2. The fourth-order valence-corrected chi connectivity index (χ4v) is 3.60. The van der Waals surface area contributed by atoms with E-state index in [0.717, 1.165) is 0 Å². The van der Waals surface area contributed by atoms with Crippen LogP contribution in [0.4, 0.5) is 4.39 Å². The molecule has 152 valence electrons. The predicted octanol–water partition coefficient (Wildman–Crippen LogP) is 4.70. The predicted molar refractivity (Wildman–Crippen MR) is 107 cm³/mol. The minimum Gasteiger partial charge on any atom is -0.506 e. The lowest BCUT2D eigenvalue weighted by molar-refractivity contribution is -0.130. The first-order chi connectivity index (χ1) is 13.7. The second kappa shape index (κ2) is 8.25. The number of Topliss-reactive ketones (excluding diaryl/α,β-unsaturated/α-hetero) is 1. The Morgan fingerprint density at radius 2 is 1.83 bits per heavy atom. The number of halogens is 2. The Kier molecular flexibility index (Phi) is 5.94. The van der Waals surface area contributed by atoms with E-state index >= 15 is 0 Å². The molecule has 2 N–H and O–H groups in total. The zero-order chi connectivity index (χ0) is 21.3. The third kappa shape index (κ3) is 4.27. The van der Waals surface area contributed by atoms with Crippen LogP contribution in [0.15, 0.2) is 53.8 Å². The summed E-state index contributed by atoms with van der Waals surface area (Å²) in [5, 5.41) is 20.3. The summed E-state index contributed by atoms with van der Waals surface area (Å²) in [6, 6.07) is 9.16. The van der Waals surface area contributed by atoms with E-state index in [9.17, 15) is 24.2 Å². The SMILES string of the molecule is CC(C)CC(=O)C1=C(O)C(=O)N(Cc2ccc(F)cc2)C1c1ccc(O)c(Cl)c1. The third-order valence-corrected chi connectivity index (χ3v) is 5.05. The number of nitrogens with zero attached hydrogens (tertiary/aromatic N) is 1. The summed E-state index contributed by atoms with van der Waals surface area (Å²) in [4.78, 5) is 27.0. The molecule has 0 radical (unpaired) electrons. The molecule has 1 amide bonds. The Labute approximate surface area is 173 Å². The summed E-state index contributed by atoms with van der Waals surface area (Å²) in [5.74, 6) is -2.11. The van der Waals surface area contributed by atoms with E-state index in [1.54, 1.807) is 6.07 Å². The number of benzene rings is 2. The monoisotopic (exact) mass is 417 g/mol. The highest BCUT2D eigenvalue weighted by molar-refractivity contribution is 6.32. The van der Waals surface area contributed by atoms with E-state index in [4.69, 9.17) is 11.6 Å². The normalized spacial score (nSPS) is 16.8. The maximum absolute atomic E-state index is 13.2. The number of aliphatic hydroxyl groups excluding tert-OH is 1. The molecule has 0 aliphatic carbocycles. The number of phenolic OH excluding ortho intramolecular Hbond substituents is 1. The number of carbonyl (C=O) groups is 2. The van der Waals surface area contributed by atoms with Crippen LogP contribution in [0.3, 0.4) is 0 Å². The van der Waals surface area contributed by atoms with Crippen LogP contribution in [0, 0.1) is 11.7 Å². The molecule has 29 heavy (non-hydrogen) atoms. The molecule has 2 aromatic carbocycles. The summed E-state index contributed by atoms with van der Waals surface area (Å²) in [6.07, 6.45) is 0.166. The second-order valence-corrected chi connectivity index (χ2v) is 7.86. The van der Waals surface area contributed by atoms with E-state index in [1.165, 1.54) is 41.3 Å². The smallest absolute Gasteiger partial charge is 0.290 e. The van der Waals surface area contributed by atoms with Crippen LogP contribution < -0.4 is 0 Å². The number of ketones is 1. The van der Waals surface area contributed by atoms with Crippen molar-refractivity contribution in [1.82, 2.24) is 4.90 Å². The summed E-state index contributed by atoms with van der Waals surface area (Å²) < 4.78 is 13.2. The van der Waals surface area contributed by atoms with Gasteiger partial charge in [0.05, 0.1) is 16.6 Å². The van der Waals surface area contributed by atoms with Gasteiger partial charge in [-0.1, -0.05) is 43.6 Å². The average Bonchev–Trinajstić information content (AvgIpc) is 2.90. The molecule has 0 fully saturated rings. The van der Waals surface area contributed by atoms with Gasteiger partial charge in [0.15, 0.2) is 11.5 Å². The zero-order valence-corrected chi connectivity index (χ0v) is 16.8. The number of amides is 1. The summed E-state index contributed by atoms with van der Waals surface area (Å²) in [6.45, 7) is 3.80. The highest BCUT2D eigenvalue weighted by Gasteiger charge is 2.43. The quantitative estimate of drug-likeness (QED) is 0.714. The van der Waals surface area contributed by atoms with Gasteiger partial charge in [-0.25, -0.2) is 4.39 Å². The molecule has 1 aliphatic heterocycles. The Balaban J connectivity index is 2.06. The van der Waals surface area contributed by atoms with E-state index in [1.807, 2.05) is 13.8 Å². The Morgan fingerprint density at radius 1 is 1.17 bits per heavy atom. The molecular weight excluding hydrogens is 397 g/mol. The molecule has 0 aromatic heterocycles. The van der Waals surface area contributed by atoms with Crippen molar-refractivity contribution in [3.05, 3.63) is 75.8 Å². The van der Waals surface area contributed by atoms with Gasteiger partial charge in [0.2, 0.25) is 0 Å². The van der Waals surface area contributed by atoms with Crippen molar-refractivity contribution in [1.29, 1.82) is 0 Å².